The van der Waals surface area contributed by atoms with E-state index in [1.165, 1.54) is 98.0 Å². The van der Waals surface area contributed by atoms with Crippen LogP contribution in [0.25, 0.3) is 98.0 Å². The minimum Gasteiger partial charge on any atom is -0.311 e. The Bertz CT molecular complexity index is 3510. The van der Waals surface area contributed by atoms with Gasteiger partial charge in [0.25, 0.3) is 0 Å². The minimum atomic E-state index is 1.12. The van der Waals surface area contributed by atoms with Crippen LogP contribution in [-0.2, 0) is 0 Å². The van der Waals surface area contributed by atoms with Gasteiger partial charge in [-0.05, 0) is 140 Å². The molecule has 0 atom stereocenters. The van der Waals surface area contributed by atoms with Gasteiger partial charge >= 0.3 is 0 Å². The van der Waals surface area contributed by atoms with Gasteiger partial charge in [-0.15, -0.1) is 0 Å². The number of anilines is 3. The van der Waals surface area contributed by atoms with Crippen molar-refractivity contribution in [3.63, 3.8) is 0 Å². The predicted molar refractivity (Wildman–Crippen MR) is 262 cm³/mol. The Morgan fingerprint density at radius 2 is 0.557 bits per heavy atom. The van der Waals surface area contributed by atoms with Gasteiger partial charge in [0.05, 0.1) is 0 Å². The Morgan fingerprint density at radius 3 is 1.07 bits per heavy atom. The molecule has 61 heavy (non-hydrogen) atoms. The molecule has 0 radical (unpaired) electrons. The normalized spacial score (nSPS) is 11.6. The molecule has 0 spiro atoms. The first-order valence-electron chi connectivity index (χ1n) is 21.1. The summed E-state index contributed by atoms with van der Waals surface area (Å²) in [6.45, 7) is 0. The number of para-hydroxylation sites is 2. The SMILES string of the molecule is c1ccc(N(c2ccccc2)c2ccc(-c3ccc(-c4c5ccccc5c(-c5c6ccccc6cc6ccccc56)c5c6ccccc6c6ccccc6c45)cc3)cc2)cc1. The van der Waals surface area contributed by atoms with Crippen LogP contribution in [0.4, 0.5) is 17.1 Å². The summed E-state index contributed by atoms with van der Waals surface area (Å²) in [6, 6.07) is 86.7. The molecule has 0 saturated carbocycles. The van der Waals surface area contributed by atoms with Crippen LogP contribution in [0.5, 0.6) is 0 Å². The summed E-state index contributed by atoms with van der Waals surface area (Å²) in [4.78, 5) is 2.31. The van der Waals surface area contributed by atoms with Crippen molar-refractivity contribution in [1.29, 1.82) is 0 Å². The molecule has 0 saturated heterocycles. The first kappa shape index (κ1) is 35.0. The highest BCUT2D eigenvalue weighted by atomic mass is 15.1. The zero-order chi connectivity index (χ0) is 40.3. The summed E-state index contributed by atoms with van der Waals surface area (Å²) in [6.07, 6.45) is 0. The molecular weight excluding hydrogens is 735 g/mol. The first-order chi connectivity index (χ1) is 30.3. The molecule has 0 aliphatic rings. The second-order valence-corrected chi connectivity index (χ2v) is 16.0. The minimum absolute atomic E-state index is 1.12. The van der Waals surface area contributed by atoms with E-state index >= 15 is 0 Å². The van der Waals surface area contributed by atoms with E-state index in [9.17, 15) is 0 Å². The molecule has 284 valence electrons. The van der Waals surface area contributed by atoms with Crippen molar-refractivity contribution in [2.24, 2.45) is 0 Å². The van der Waals surface area contributed by atoms with E-state index in [1.54, 1.807) is 0 Å². The van der Waals surface area contributed by atoms with E-state index in [2.05, 4.69) is 241 Å². The van der Waals surface area contributed by atoms with Crippen molar-refractivity contribution in [2.75, 3.05) is 4.90 Å². The molecule has 12 rings (SSSR count). The van der Waals surface area contributed by atoms with E-state index in [0.717, 1.165) is 17.1 Å². The lowest BCUT2D eigenvalue weighted by Crippen LogP contribution is -2.09. The van der Waals surface area contributed by atoms with E-state index in [0.29, 0.717) is 0 Å². The van der Waals surface area contributed by atoms with Gasteiger partial charge in [-0.25, -0.2) is 0 Å². The summed E-state index contributed by atoms with van der Waals surface area (Å²) in [7, 11) is 0. The van der Waals surface area contributed by atoms with Crippen LogP contribution in [0.1, 0.15) is 0 Å². The molecule has 0 aliphatic carbocycles. The van der Waals surface area contributed by atoms with Gasteiger partial charge in [0.15, 0.2) is 0 Å². The molecule has 0 unspecified atom stereocenters. The molecule has 1 nitrogen and oxygen atoms in total. The maximum Gasteiger partial charge on any atom is 0.0462 e. The van der Waals surface area contributed by atoms with Gasteiger partial charge < -0.3 is 4.90 Å². The average Bonchev–Trinajstić information content (AvgIpc) is 3.34. The van der Waals surface area contributed by atoms with E-state index in [-0.39, 0.29) is 0 Å². The molecule has 0 aromatic heterocycles. The fourth-order valence-electron chi connectivity index (χ4n) is 9.93. The van der Waals surface area contributed by atoms with Gasteiger partial charge in [-0.2, -0.15) is 0 Å². The summed E-state index contributed by atoms with van der Waals surface area (Å²) in [5.74, 6) is 0. The van der Waals surface area contributed by atoms with Crippen LogP contribution in [0.3, 0.4) is 0 Å². The molecule has 0 aliphatic heterocycles. The van der Waals surface area contributed by atoms with Crippen molar-refractivity contribution in [2.45, 2.75) is 0 Å². The number of rotatable bonds is 6. The highest BCUT2D eigenvalue weighted by Gasteiger charge is 2.24. The monoisotopic (exact) mass is 773 g/mol. The van der Waals surface area contributed by atoms with Gasteiger partial charge in [0.2, 0.25) is 0 Å². The van der Waals surface area contributed by atoms with Crippen molar-refractivity contribution in [3.8, 4) is 33.4 Å². The molecule has 12 aromatic rings. The van der Waals surface area contributed by atoms with Crippen molar-refractivity contribution in [3.05, 3.63) is 237 Å². The molecule has 0 fully saturated rings. The fourth-order valence-corrected chi connectivity index (χ4v) is 9.93. The van der Waals surface area contributed by atoms with Crippen molar-refractivity contribution < 1.29 is 0 Å². The quantitative estimate of drug-likeness (QED) is 0.120. The molecule has 0 bridgehead atoms. The fraction of sp³-hybridized carbons (Fsp3) is 0. The topological polar surface area (TPSA) is 3.24 Å². The number of nitrogens with zero attached hydrogens (tertiary/aromatic N) is 1. The Kier molecular flexibility index (Phi) is 8.25. The highest BCUT2D eigenvalue weighted by Crippen LogP contribution is 2.52. The number of hydrogen-bond acceptors (Lipinski definition) is 1. The van der Waals surface area contributed by atoms with Crippen LogP contribution in [-0.4, -0.2) is 0 Å². The van der Waals surface area contributed by atoms with E-state index < -0.39 is 0 Å². The molecule has 1 heteroatoms. The van der Waals surface area contributed by atoms with Gasteiger partial charge in [-0.1, -0.05) is 194 Å². The van der Waals surface area contributed by atoms with Crippen LogP contribution in [0, 0.1) is 0 Å². The third kappa shape index (κ3) is 5.70. The van der Waals surface area contributed by atoms with Crippen LogP contribution in [0.15, 0.2) is 237 Å². The molecule has 0 N–H and O–H groups in total. The average molecular weight is 774 g/mol. The second kappa shape index (κ2) is 14.4. The zero-order valence-corrected chi connectivity index (χ0v) is 33.5. The Hall–Kier alpha value is -8.00. The Balaban J connectivity index is 1.10. The molecule has 0 heterocycles. The standard InChI is InChI=1S/C60H39N/c1-3-19-45(20-4-1)61(46-21-5-2-6-22-46)47-37-35-41(36-38-47)40-31-33-42(34-32-40)56-54-29-15-16-30-55(54)59(57-48-23-9-7-17-43(48)39-44-18-8-10-24-49(44)57)60-53-28-14-12-26-51(53)50-25-11-13-27-52(50)58(56)60/h1-39H. The lowest BCUT2D eigenvalue weighted by molar-refractivity contribution is 1.28. The highest BCUT2D eigenvalue weighted by molar-refractivity contribution is 6.38. The number of fused-ring (bicyclic) bond motifs is 9. The van der Waals surface area contributed by atoms with Gasteiger partial charge in [-0.3, -0.25) is 0 Å². The smallest absolute Gasteiger partial charge is 0.0462 e. The summed E-state index contributed by atoms with van der Waals surface area (Å²) in [5.41, 5.74) is 10.8. The van der Waals surface area contributed by atoms with Crippen molar-refractivity contribution in [1.82, 2.24) is 0 Å². The molecule has 0 amide bonds. The van der Waals surface area contributed by atoms with Crippen molar-refractivity contribution >= 4 is 81.7 Å². The van der Waals surface area contributed by atoms with Gasteiger partial charge in [0, 0.05) is 17.1 Å². The lowest BCUT2D eigenvalue weighted by atomic mass is 9.79. The molecule has 12 aromatic carbocycles. The summed E-state index contributed by atoms with van der Waals surface area (Å²) in [5, 5.41) is 15.2. The molecular formula is C60H39N. The van der Waals surface area contributed by atoms with E-state index in [1.807, 2.05) is 0 Å². The summed E-state index contributed by atoms with van der Waals surface area (Å²) >= 11 is 0. The first-order valence-corrected chi connectivity index (χ1v) is 21.1. The Labute approximate surface area is 355 Å². The summed E-state index contributed by atoms with van der Waals surface area (Å²) < 4.78 is 0. The van der Waals surface area contributed by atoms with Crippen LogP contribution >= 0.6 is 0 Å². The maximum atomic E-state index is 2.35. The third-order valence-electron chi connectivity index (χ3n) is 12.6. The number of hydrogen-bond donors (Lipinski definition) is 0. The predicted octanol–water partition coefficient (Wildman–Crippen LogP) is 17.1. The van der Waals surface area contributed by atoms with E-state index in [4.69, 9.17) is 0 Å². The Morgan fingerprint density at radius 1 is 0.213 bits per heavy atom. The largest absolute Gasteiger partial charge is 0.311 e. The van der Waals surface area contributed by atoms with Crippen LogP contribution in [0.2, 0.25) is 0 Å². The second-order valence-electron chi connectivity index (χ2n) is 16.0. The number of benzene rings is 12. The zero-order valence-electron chi connectivity index (χ0n) is 33.5. The lowest BCUT2D eigenvalue weighted by Gasteiger charge is -2.25. The third-order valence-corrected chi connectivity index (χ3v) is 12.6. The van der Waals surface area contributed by atoms with Crippen LogP contribution < -0.4 is 4.90 Å². The van der Waals surface area contributed by atoms with Gasteiger partial charge in [0.1, 0.15) is 0 Å². The maximum absolute atomic E-state index is 2.35.